The molecule has 1 heterocycles. The maximum absolute atomic E-state index is 11.5. The molecule has 0 aromatic rings. The number of rotatable bonds is 4. The molecule has 16 heavy (non-hydrogen) atoms. The summed E-state index contributed by atoms with van der Waals surface area (Å²) in [5, 5.41) is 0. The van der Waals surface area contributed by atoms with Crippen molar-refractivity contribution in [2.24, 2.45) is 5.41 Å². The van der Waals surface area contributed by atoms with E-state index in [-0.39, 0.29) is 18.8 Å². The number of methoxy groups -OCH3 is 2. The van der Waals surface area contributed by atoms with Crippen LogP contribution in [0.2, 0.25) is 0 Å². The van der Waals surface area contributed by atoms with Gasteiger partial charge in [0.1, 0.15) is 5.78 Å². The van der Waals surface area contributed by atoms with Crippen LogP contribution in [0.4, 0.5) is 0 Å². The molecule has 0 aromatic heterocycles. The van der Waals surface area contributed by atoms with Gasteiger partial charge in [0.15, 0.2) is 5.79 Å². The zero-order valence-electron chi connectivity index (χ0n) is 10.2. The fourth-order valence-corrected chi connectivity index (χ4v) is 1.82. The molecular weight excluding hydrogens is 212 g/mol. The van der Waals surface area contributed by atoms with Gasteiger partial charge < -0.3 is 14.2 Å². The summed E-state index contributed by atoms with van der Waals surface area (Å²) < 4.78 is 15.3. The van der Waals surface area contributed by atoms with Crippen molar-refractivity contribution in [1.82, 2.24) is 0 Å². The summed E-state index contributed by atoms with van der Waals surface area (Å²) in [6.45, 7) is 3.60. The van der Waals surface area contributed by atoms with E-state index in [1.807, 2.05) is 6.92 Å². The van der Waals surface area contributed by atoms with Crippen LogP contribution in [0, 0.1) is 5.41 Å². The van der Waals surface area contributed by atoms with Gasteiger partial charge in [0.05, 0.1) is 25.6 Å². The molecule has 1 fully saturated rings. The van der Waals surface area contributed by atoms with Crippen LogP contribution in [0.25, 0.3) is 0 Å². The van der Waals surface area contributed by atoms with Crippen molar-refractivity contribution in [3.05, 3.63) is 0 Å². The lowest BCUT2D eigenvalue weighted by Crippen LogP contribution is -2.35. The molecule has 0 amide bonds. The second kappa shape index (κ2) is 4.51. The number of ether oxygens (including phenoxy) is 3. The number of ketones is 1. The summed E-state index contributed by atoms with van der Waals surface area (Å²) in [6.07, 6.45) is 0.379. The van der Waals surface area contributed by atoms with Crippen molar-refractivity contribution >= 4 is 11.8 Å². The standard InChI is InChI=1S/C11H18O5/c1-8(12)10(2)6-11(15-4,16-7-10)5-9(13)14-3/h5-7H2,1-4H3. The quantitative estimate of drug-likeness (QED) is 0.672. The summed E-state index contributed by atoms with van der Waals surface area (Å²) in [6, 6.07) is 0. The molecule has 1 aliphatic heterocycles. The second-order valence-electron chi connectivity index (χ2n) is 4.45. The SMILES string of the molecule is COC(=O)CC1(OC)CC(C)(C(C)=O)CO1. The van der Waals surface area contributed by atoms with E-state index >= 15 is 0 Å². The highest BCUT2D eigenvalue weighted by Gasteiger charge is 2.51. The van der Waals surface area contributed by atoms with Crippen molar-refractivity contribution in [3.63, 3.8) is 0 Å². The zero-order chi connectivity index (χ0) is 12.4. The predicted octanol–water partition coefficient (Wildman–Crippen LogP) is 0.908. The minimum Gasteiger partial charge on any atom is -0.469 e. The predicted molar refractivity (Wildman–Crippen MR) is 55.7 cm³/mol. The largest absolute Gasteiger partial charge is 0.469 e. The first-order valence-electron chi connectivity index (χ1n) is 5.14. The van der Waals surface area contributed by atoms with E-state index < -0.39 is 17.2 Å². The summed E-state index contributed by atoms with van der Waals surface area (Å²) in [4.78, 5) is 22.7. The molecule has 1 aliphatic rings. The third-order valence-electron chi connectivity index (χ3n) is 3.18. The number of hydrogen-bond acceptors (Lipinski definition) is 5. The molecule has 5 nitrogen and oxygen atoms in total. The molecule has 5 heteroatoms. The normalized spacial score (nSPS) is 33.8. The Kier molecular flexibility index (Phi) is 3.70. The fraction of sp³-hybridized carbons (Fsp3) is 0.818. The van der Waals surface area contributed by atoms with Gasteiger partial charge in [-0.15, -0.1) is 0 Å². The minimum absolute atomic E-state index is 0.00285. The summed E-state index contributed by atoms with van der Waals surface area (Å²) in [5.41, 5.74) is -0.579. The topological polar surface area (TPSA) is 61.8 Å². The van der Waals surface area contributed by atoms with Gasteiger partial charge in [-0.25, -0.2) is 0 Å². The van der Waals surface area contributed by atoms with Gasteiger partial charge in [-0.1, -0.05) is 6.92 Å². The van der Waals surface area contributed by atoms with Gasteiger partial charge in [-0.2, -0.15) is 0 Å². The molecule has 0 aliphatic carbocycles. The molecule has 92 valence electrons. The monoisotopic (exact) mass is 230 g/mol. The van der Waals surface area contributed by atoms with Crippen molar-refractivity contribution in [1.29, 1.82) is 0 Å². The first-order chi connectivity index (χ1) is 7.37. The molecular formula is C11H18O5. The first-order valence-corrected chi connectivity index (χ1v) is 5.14. The summed E-state index contributed by atoms with van der Waals surface area (Å²) >= 11 is 0. The van der Waals surface area contributed by atoms with E-state index in [4.69, 9.17) is 9.47 Å². The van der Waals surface area contributed by atoms with Crippen LogP contribution in [-0.4, -0.2) is 38.4 Å². The number of hydrogen-bond donors (Lipinski definition) is 0. The molecule has 0 bridgehead atoms. The lowest BCUT2D eigenvalue weighted by atomic mass is 9.82. The van der Waals surface area contributed by atoms with E-state index in [1.165, 1.54) is 21.1 Å². The molecule has 0 aromatic carbocycles. The highest BCUT2D eigenvalue weighted by molar-refractivity contribution is 5.82. The Bertz CT molecular complexity index is 301. The molecule has 1 saturated heterocycles. The Hall–Kier alpha value is -0.940. The van der Waals surface area contributed by atoms with E-state index in [0.717, 1.165) is 0 Å². The van der Waals surface area contributed by atoms with Crippen LogP contribution in [0.5, 0.6) is 0 Å². The molecule has 2 atom stereocenters. The van der Waals surface area contributed by atoms with Crippen LogP contribution >= 0.6 is 0 Å². The number of esters is 1. The first kappa shape index (κ1) is 13.1. The van der Waals surface area contributed by atoms with Gasteiger partial charge in [0.25, 0.3) is 0 Å². The second-order valence-corrected chi connectivity index (χ2v) is 4.45. The van der Waals surface area contributed by atoms with Gasteiger partial charge in [0, 0.05) is 13.5 Å². The van der Waals surface area contributed by atoms with Crippen LogP contribution in [0.15, 0.2) is 0 Å². The molecule has 1 rings (SSSR count). The molecule has 0 radical (unpaired) electrons. The average molecular weight is 230 g/mol. The lowest BCUT2D eigenvalue weighted by molar-refractivity contribution is -0.204. The van der Waals surface area contributed by atoms with E-state index in [0.29, 0.717) is 6.42 Å². The maximum Gasteiger partial charge on any atom is 0.310 e. The lowest BCUT2D eigenvalue weighted by Gasteiger charge is -2.26. The summed E-state index contributed by atoms with van der Waals surface area (Å²) in [7, 11) is 2.78. The van der Waals surface area contributed by atoms with E-state index in [9.17, 15) is 9.59 Å². The molecule has 2 unspecified atom stereocenters. The fourth-order valence-electron chi connectivity index (χ4n) is 1.82. The van der Waals surface area contributed by atoms with E-state index in [1.54, 1.807) is 0 Å². The Morgan fingerprint density at radius 1 is 1.38 bits per heavy atom. The third kappa shape index (κ3) is 2.41. The van der Waals surface area contributed by atoms with Crippen molar-refractivity contribution in [2.75, 3.05) is 20.8 Å². The zero-order valence-corrected chi connectivity index (χ0v) is 10.2. The van der Waals surface area contributed by atoms with Crippen molar-refractivity contribution < 1.29 is 23.8 Å². The average Bonchev–Trinajstić information content (AvgIpc) is 2.58. The highest BCUT2D eigenvalue weighted by atomic mass is 16.7. The molecule has 0 N–H and O–H groups in total. The van der Waals surface area contributed by atoms with Crippen LogP contribution < -0.4 is 0 Å². The Balaban J connectivity index is 2.78. The van der Waals surface area contributed by atoms with Gasteiger partial charge in [0.2, 0.25) is 0 Å². The van der Waals surface area contributed by atoms with Gasteiger partial charge >= 0.3 is 5.97 Å². The van der Waals surface area contributed by atoms with Gasteiger partial charge in [-0.05, 0) is 6.92 Å². The molecule has 0 saturated carbocycles. The van der Waals surface area contributed by atoms with Crippen LogP contribution in [0.3, 0.4) is 0 Å². The third-order valence-corrected chi connectivity index (χ3v) is 3.18. The van der Waals surface area contributed by atoms with Crippen molar-refractivity contribution in [3.8, 4) is 0 Å². The number of carbonyl (C=O) groups is 2. The Morgan fingerprint density at radius 2 is 2.00 bits per heavy atom. The van der Waals surface area contributed by atoms with Crippen LogP contribution in [-0.2, 0) is 23.8 Å². The summed E-state index contributed by atoms with van der Waals surface area (Å²) in [5.74, 6) is -1.39. The molecule has 0 spiro atoms. The highest BCUT2D eigenvalue weighted by Crippen LogP contribution is 2.42. The smallest absolute Gasteiger partial charge is 0.310 e. The van der Waals surface area contributed by atoms with Crippen LogP contribution in [0.1, 0.15) is 26.7 Å². The number of Topliss-reactive ketones (excluding diaryl/α,β-unsaturated/α-hetero) is 1. The Morgan fingerprint density at radius 3 is 2.38 bits per heavy atom. The van der Waals surface area contributed by atoms with E-state index in [2.05, 4.69) is 4.74 Å². The van der Waals surface area contributed by atoms with Gasteiger partial charge in [-0.3, -0.25) is 9.59 Å². The maximum atomic E-state index is 11.5. The number of carbonyl (C=O) groups excluding carboxylic acids is 2. The van der Waals surface area contributed by atoms with Crippen molar-refractivity contribution in [2.45, 2.75) is 32.5 Å². The Labute approximate surface area is 95.0 Å². The minimum atomic E-state index is -1.02.